The van der Waals surface area contributed by atoms with Gasteiger partial charge in [0.2, 0.25) is 5.91 Å². The van der Waals surface area contributed by atoms with Crippen LogP contribution in [0.15, 0.2) is 18.2 Å². The molecule has 0 saturated heterocycles. The summed E-state index contributed by atoms with van der Waals surface area (Å²) in [7, 11) is 0. The third-order valence-electron chi connectivity index (χ3n) is 1.94. The number of carbonyl (C=O) groups excluding carboxylic acids is 1. The number of aliphatic hydroxyl groups excluding tert-OH is 1. The van der Waals surface area contributed by atoms with Crippen LogP contribution in [0.1, 0.15) is 19.8 Å². The van der Waals surface area contributed by atoms with E-state index in [2.05, 4.69) is 5.32 Å². The Hall–Kier alpha value is -1.49. The van der Waals surface area contributed by atoms with Gasteiger partial charge < -0.3 is 10.4 Å². The molecule has 0 spiro atoms. The van der Waals surface area contributed by atoms with Crippen LogP contribution in [0.2, 0.25) is 0 Å². The average molecular weight is 229 g/mol. The first-order chi connectivity index (χ1) is 7.47. The van der Waals surface area contributed by atoms with Crippen LogP contribution in [0.4, 0.5) is 14.5 Å². The van der Waals surface area contributed by atoms with E-state index in [4.69, 9.17) is 5.11 Å². The number of amides is 1. The van der Waals surface area contributed by atoms with E-state index in [9.17, 15) is 13.6 Å². The molecule has 5 heteroatoms. The van der Waals surface area contributed by atoms with Gasteiger partial charge in [0.25, 0.3) is 0 Å². The number of hydrogen-bond acceptors (Lipinski definition) is 2. The Morgan fingerprint density at radius 2 is 1.94 bits per heavy atom. The van der Waals surface area contributed by atoms with Crippen LogP contribution in [-0.4, -0.2) is 17.1 Å². The molecule has 0 heterocycles. The van der Waals surface area contributed by atoms with E-state index in [-0.39, 0.29) is 18.0 Å². The maximum absolute atomic E-state index is 12.8. The van der Waals surface area contributed by atoms with Crippen LogP contribution in [0.5, 0.6) is 0 Å². The van der Waals surface area contributed by atoms with E-state index in [0.717, 1.165) is 18.2 Å². The molecule has 16 heavy (non-hydrogen) atoms. The van der Waals surface area contributed by atoms with E-state index >= 15 is 0 Å². The van der Waals surface area contributed by atoms with Crippen molar-refractivity contribution in [1.29, 1.82) is 0 Å². The molecule has 1 unspecified atom stereocenters. The van der Waals surface area contributed by atoms with Gasteiger partial charge in [0.05, 0.1) is 6.10 Å². The molecule has 88 valence electrons. The van der Waals surface area contributed by atoms with E-state index in [1.165, 1.54) is 0 Å². The molecule has 1 rings (SSSR count). The topological polar surface area (TPSA) is 49.3 Å². The minimum absolute atomic E-state index is 0.0769. The molecule has 0 aliphatic rings. The molecule has 0 radical (unpaired) electrons. The lowest BCUT2D eigenvalue weighted by Crippen LogP contribution is -2.14. The predicted molar refractivity (Wildman–Crippen MR) is 55.9 cm³/mol. The van der Waals surface area contributed by atoms with E-state index in [1.54, 1.807) is 6.92 Å². The summed E-state index contributed by atoms with van der Waals surface area (Å²) in [5, 5.41) is 11.3. The Balaban J connectivity index is 2.56. The van der Waals surface area contributed by atoms with Gasteiger partial charge in [0.1, 0.15) is 11.6 Å². The third kappa shape index (κ3) is 4.35. The summed E-state index contributed by atoms with van der Waals surface area (Å²) in [5.74, 6) is -1.87. The molecule has 1 atom stereocenters. The summed E-state index contributed by atoms with van der Waals surface area (Å²) in [5.41, 5.74) is 0.0769. The lowest BCUT2D eigenvalue weighted by molar-refractivity contribution is -0.116. The predicted octanol–water partition coefficient (Wildman–Crippen LogP) is 2.06. The van der Waals surface area contributed by atoms with E-state index < -0.39 is 17.7 Å². The maximum Gasteiger partial charge on any atom is 0.224 e. The fourth-order valence-corrected chi connectivity index (χ4v) is 1.19. The molecular weight excluding hydrogens is 216 g/mol. The fraction of sp³-hybridized carbons (Fsp3) is 0.364. The van der Waals surface area contributed by atoms with Crippen molar-refractivity contribution in [2.45, 2.75) is 25.9 Å². The highest BCUT2D eigenvalue weighted by Gasteiger charge is 2.06. The molecule has 1 aromatic carbocycles. The zero-order chi connectivity index (χ0) is 12.1. The number of halogens is 2. The van der Waals surface area contributed by atoms with Crippen LogP contribution in [-0.2, 0) is 4.79 Å². The largest absolute Gasteiger partial charge is 0.393 e. The number of carbonyl (C=O) groups is 1. The second-order valence-electron chi connectivity index (χ2n) is 3.59. The number of aliphatic hydroxyl groups is 1. The van der Waals surface area contributed by atoms with Crippen LogP contribution in [0, 0.1) is 11.6 Å². The Kier molecular flexibility index (Phi) is 4.37. The molecule has 3 nitrogen and oxygen atoms in total. The normalized spacial score (nSPS) is 12.2. The van der Waals surface area contributed by atoms with Crippen LogP contribution in [0.3, 0.4) is 0 Å². The Bertz CT molecular complexity index is 360. The summed E-state index contributed by atoms with van der Waals surface area (Å²) in [6, 6.07) is 2.79. The van der Waals surface area contributed by atoms with Crippen molar-refractivity contribution < 1.29 is 18.7 Å². The highest BCUT2D eigenvalue weighted by atomic mass is 19.1. The number of rotatable bonds is 4. The number of anilines is 1. The van der Waals surface area contributed by atoms with Crippen LogP contribution in [0.25, 0.3) is 0 Å². The van der Waals surface area contributed by atoms with Gasteiger partial charge in [-0.1, -0.05) is 0 Å². The van der Waals surface area contributed by atoms with Crippen molar-refractivity contribution in [1.82, 2.24) is 0 Å². The number of hydrogen-bond donors (Lipinski definition) is 2. The molecular formula is C11H13F2NO2. The van der Waals surface area contributed by atoms with Crippen molar-refractivity contribution in [2.75, 3.05) is 5.32 Å². The van der Waals surface area contributed by atoms with Gasteiger partial charge in [-0.15, -0.1) is 0 Å². The fourth-order valence-electron chi connectivity index (χ4n) is 1.19. The molecule has 0 aromatic heterocycles. The van der Waals surface area contributed by atoms with Gasteiger partial charge in [-0.05, 0) is 25.5 Å². The molecule has 0 aliphatic heterocycles. The van der Waals surface area contributed by atoms with Gasteiger partial charge in [-0.2, -0.15) is 0 Å². The quantitative estimate of drug-likeness (QED) is 0.830. The highest BCUT2D eigenvalue weighted by molar-refractivity contribution is 5.90. The molecule has 0 saturated carbocycles. The summed E-state index contributed by atoms with van der Waals surface area (Å²) >= 11 is 0. The molecule has 2 N–H and O–H groups in total. The SMILES string of the molecule is CC(O)CCC(=O)Nc1cc(F)cc(F)c1. The monoisotopic (exact) mass is 229 g/mol. The summed E-state index contributed by atoms with van der Waals surface area (Å²) < 4.78 is 25.5. The lowest BCUT2D eigenvalue weighted by Gasteiger charge is -2.06. The van der Waals surface area contributed by atoms with Crippen molar-refractivity contribution in [3.63, 3.8) is 0 Å². The lowest BCUT2D eigenvalue weighted by atomic mass is 10.2. The van der Waals surface area contributed by atoms with Crippen molar-refractivity contribution in [3.8, 4) is 0 Å². The molecule has 0 bridgehead atoms. The van der Waals surface area contributed by atoms with Gasteiger partial charge in [-0.3, -0.25) is 4.79 Å². The minimum atomic E-state index is -0.745. The third-order valence-corrected chi connectivity index (χ3v) is 1.94. The molecule has 0 fully saturated rings. The standard InChI is InChI=1S/C11H13F2NO2/c1-7(15)2-3-11(16)14-10-5-8(12)4-9(13)6-10/h4-7,15H,2-3H2,1H3,(H,14,16). The van der Waals surface area contributed by atoms with Gasteiger partial charge in [0.15, 0.2) is 0 Å². The summed E-state index contributed by atoms with van der Waals surface area (Å²) in [6.07, 6.45) is -0.158. The van der Waals surface area contributed by atoms with Crippen LogP contribution < -0.4 is 5.32 Å². The average Bonchev–Trinajstić information content (AvgIpc) is 2.12. The highest BCUT2D eigenvalue weighted by Crippen LogP contribution is 2.13. The first kappa shape index (κ1) is 12.6. The first-order valence-corrected chi connectivity index (χ1v) is 4.91. The second kappa shape index (κ2) is 5.55. The van der Waals surface area contributed by atoms with Crippen molar-refractivity contribution in [2.24, 2.45) is 0 Å². The van der Waals surface area contributed by atoms with Gasteiger partial charge >= 0.3 is 0 Å². The minimum Gasteiger partial charge on any atom is -0.393 e. The molecule has 0 aliphatic carbocycles. The Labute approximate surface area is 92.1 Å². The first-order valence-electron chi connectivity index (χ1n) is 4.91. The van der Waals surface area contributed by atoms with Crippen molar-refractivity contribution in [3.05, 3.63) is 29.8 Å². The van der Waals surface area contributed by atoms with Gasteiger partial charge in [-0.25, -0.2) is 8.78 Å². The smallest absolute Gasteiger partial charge is 0.224 e. The Morgan fingerprint density at radius 3 is 2.44 bits per heavy atom. The zero-order valence-corrected chi connectivity index (χ0v) is 8.84. The Morgan fingerprint density at radius 1 is 1.38 bits per heavy atom. The zero-order valence-electron chi connectivity index (χ0n) is 8.84. The van der Waals surface area contributed by atoms with E-state index in [1.807, 2.05) is 0 Å². The summed E-state index contributed by atoms with van der Waals surface area (Å²) in [4.78, 5) is 11.3. The molecule has 1 amide bonds. The molecule has 1 aromatic rings. The maximum atomic E-state index is 12.8. The number of benzene rings is 1. The number of nitrogens with one attached hydrogen (secondary N) is 1. The summed E-state index contributed by atoms with van der Waals surface area (Å²) in [6.45, 7) is 1.56. The van der Waals surface area contributed by atoms with Gasteiger partial charge in [0, 0.05) is 18.2 Å². The van der Waals surface area contributed by atoms with E-state index in [0.29, 0.717) is 6.42 Å². The second-order valence-corrected chi connectivity index (χ2v) is 3.59. The van der Waals surface area contributed by atoms with Crippen LogP contribution >= 0.6 is 0 Å². The van der Waals surface area contributed by atoms with Crippen molar-refractivity contribution >= 4 is 11.6 Å².